The van der Waals surface area contributed by atoms with E-state index >= 15 is 0 Å². The Bertz CT molecular complexity index is 892. The number of rotatable bonds is 5. The first-order valence-corrected chi connectivity index (χ1v) is 7.91. The lowest BCUT2D eigenvalue weighted by atomic mass is 10.1. The Hall–Kier alpha value is -2.75. The van der Waals surface area contributed by atoms with E-state index in [1.54, 1.807) is 25.3 Å². The lowest BCUT2D eigenvalue weighted by Crippen LogP contribution is -2.06. The van der Waals surface area contributed by atoms with Gasteiger partial charge in [0.2, 0.25) is 0 Å². The molecule has 1 aromatic heterocycles. The Labute approximate surface area is 140 Å². The van der Waals surface area contributed by atoms with Crippen molar-refractivity contribution >= 4 is 11.0 Å². The lowest BCUT2D eigenvalue weighted by molar-refractivity contribution is 0.271. The first-order chi connectivity index (χ1) is 11.6. The maximum atomic E-state index is 12.7. The summed E-state index contributed by atoms with van der Waals surface area (Å²) in [7, 11) is 1.61. The Morgan fingerprint density at radius 1 is 1.04 bits per heavy atom. The molecular weight excluding hydrogens is 304 g/mol. The van der Waals surface area contributed by atoms with Crippen LogP contribution in [0.5, 0.6) is 11.5 Å². The van der Waals surface area contributed by atoms with Crippen LogP contribution in [0.4, 0.5) is 0 Å². The van der Waals surface area contributed by atoms with Crippen LogP contribution in [0.1, 0.15) is 13.8 Å². The number of hydrogen-bond donors (Lipinski definition) is 0. The fourth-order valence-electron chi connectivity index (χ4n) is 2.43. The van der Waals surface area contributed by atoms with Crippen LogP contribution >= 0.6 is 0 Å². The summed E-state index contributed by atoms with van der Waals surface area (Å²) in [5.74, 6) is 1.89. The smallest absolute Gasteiger partial charge is 0.200 e. The molecule has 2 aromatic carbocycles. The molecule has 0 fully saturated rings. The molecule has 0 aliphatic carbocycles. The van der Waals surface area contributed by atoms with Crippen LogP contribution < -0.4 is 14.9 Å². The van der Waals surface area contributed by atoms with Crippen LogP contribution in [0, 0.1) is 5.92 Å². The first kappa shape index (κ1) is 16.1. The van der Waals surface area contributed by atoms with Gasteiger partial charge in [-0.15, -0.1) is 0 Å². The minimum atomic E-state index is -0.0585. The van der Waals surface area contributed by atoms with E-state index in [0.29, 0.717) is 34.8 Å². The van der Waals surface area contributed by atoms with Crippen LogP contribution in [-0.2, 0) is 0 Å². The average molecular weight is 324 g/mol. The summed E-state index contributed by atoms with van der Waals surface area (Å²) in [6.07, 6.45) is 1.50. The number of benzene rings is 2. The van der Waals surface area contributed by atoms with E-state index in [-0.39, 0.29) is 5.43 Å². The fourth-order valence-corrected chi connectivity index (χ4v) is 2.43. The number of ether oxygens (including phenoxy) is 2. The van der Waals surface area contributed by atoms with E-state index in [0.717, 1.165) is 11.3 Å². The molecule has 0 atom stereocenters. The summed E-state index contributed by atoms with van der Waals surface area (Å²) in [5, 5.41) is 0.542. The highest BCUT2D eigenvalue weighted by atomic mass is 16.5. The monoisotopic (exact) mass is 324 g/mol. The normalized spacial score (nSPS) is 11.0. The second kappa shape index (κ2) is 6.79. The Kier molecular flexibility index (Phi) is 4.56. The number of hydrogen-bond acceptors (Lipinski definition) is 4. The molecule has 1 heterocycles. The molecule has 0 spiro atoms. The molecular formula is C20H20O4. The Morgan fingerprint density at radius 2 is 1.75 bits per heavy atom. The molecule has 0 aliphatic rings. The van der Waals surface area contributed by atoms with Crippen molar-refractivity contribution in [3.8, 4) is 22.6 Å². The maximum absolute atomic E-state index is 12.7. The second-order valence-corrected chi connectivity index (χ2v) is 6.07. The minimum Gasteiger partial charge on any atom is -0.497 e. The quantitative estimate of drug-likeness (QED) is 0.693. The third-order valence-electron chi connectivity index (χ3n) is 3.73. The standard InChI is InChI=1S/C20H20O4/c1-13(2)11-23-16-8-9-17-19(10-16)24-12-18(20(17)21)14-4-6-15(22-3)7-5-14/h4-10,12-13H,11H2,1-3H3. The first-order valence-electron chi connectivity index (χ1n) is 7.91. The summed E-state index contributed by atoms with van der Waals surface area (Å²) in [5.41, 5.74) is 1.79. The molecule has 0 amide bonds. The predicted molar refractivity (Wildman–Crippen MR) is 94.8 cm³/mol. The van der Waals surface area contributed by atoms with Gasteiger partial charge in [0.05, 0.1) is 24.7 Å². The van der Waals surface area contributed by atoms with Gasteiger partial charge < -0.3 is 13.9 Å². The van der Waals surface area contributed by atoms with Crippen molar-refractivity contribution in [1.82, 2.24) is 0 Å². The maximum Gasteiger partial charge on any atom is 0.200 e. The van der Waals surface area contributed by atoms with Gasteiger partial charge >= 0.3 is 0 Å². The van der Waals surface area contributed by atoms with Crippen molar-refractivity contribution in [3.63, 3.8) is 0 Å². The van der Waals surface area contributed by atoms with Gasteiger partial charge in [0, 0.05) is 6.07 Å². The highest BCUT2D eigenvalue weighted by molar-refractivity contribution is 5.82. The number of fused-ring (bicyclic) bond motifs is 1. The van der Waals surface area contributed by atoms with E-state index in [1.807, 2.05) is 24.3 Å². The van der Waals surface area contributed by atoms with Crippen molar-refractivity contribution in [2.24, 2.45) is 5.92 Å². The Balaban J connectivity index is 1.98. The average Bonchev–Trinajstić information content (AvgIpc) is 2.60. The third kappa shape index (κ3) is 3.27. The second-order valence-electron chi connectivity index (χ2n) is 6.07. The molecule has 24 heavy (non-hydrogen) atoms. The van der Waals surface area contributed by atoms with Crippen LogP contribution in [0.2, 0.25) is 0 Å². The van der Waals surface area contributed by atoms with E-state index < -0.39 is 0 Å². The van der Waals surface area contributed by atoms with Crippen molar-refractivity contribution in [3.05, 3.63) is 59.0 Å². The predicted octanol–water partition coefficient (Wildman–Crippen LogP) is 4.50. The summed E-state index contributed by atoms with van der Waals surface area (Å²) < 4.78 is 16.5. The van der Waals surface area contributed by atoms with Crippen LogP contribution in [0.25, 0.3) is 22.1 Å². The zero-order valence-corrected chi connectivity index (χ0v) is 14.0. The molecule has 0 saturated carbocycles. The van der Waals surface area contributed by atoms with Crippen molar-refractivity contribution in [2.75, 3.05) is 13.7 Å². The molecule has 0 saturated heterocycles. The van der Waals surface area contributed by atoms with Crippen LogP contribution in [0.3, 0.4) is 0 Å². The highest BCUT2D eigenvalue weighted by Gasteiger charge is 2.10. The molecule has 0 unspecified atom stereocenters. The van der Waals surface area contributed by atoms with Gasteiger partial charge in [-0.1, -0.05) is 26.0 Å². The molecule has 124 valence electrons. The van der Waals surface area contributed by atoms with Crippen LogP contribution in [0.15, 0.2) is 57.9 Å². The summed E-state index contributed by atoms with van der Waals surface area (Å²) in [6, 6.07) is 12.7. The summed E-state index contributed by atoms with van der Waals surface area (Å²) >= 11 is 0. The SMILES string of the molecule is COc1ccc(-c2coc3cc(OCC(C)C)ccc3c2=O)cc1. The summed E-state index contributed by atoms with van der Waals surface area (Å²) in [4.78, 5) is 12.7. The molecule has 4 nitrogen and oxygen atoms in total. The zero-order valence-electron chi connectivity index (χ0n) is 14.0. The van der Waals surface area contributed by atoms with E-state index in [1.165, 1.54) is 6.26 Å². The van der Waals surface area contributed by atoms with Gasteiger partial charge in [-0.05, 0) is 35.7 Å². The van der Waals surface area contributed by atoms with Gasteiger partial charge in [0.15, 0.2) is 5.43 Å². The van der Waals surface area contributed by atoms with Gasteiger partial charge in [-0.25, -0.2) is 0 Å². The van der Waals surface area contributed by atoms with Gasteiger partial charge in [0.1, 0.15) is 23.3 Å². The van der Waals surface area contributed by atoms with Crippen LogP contribution in [-0.4, -0.2) is 13.7 Å². The van der Waals surface area contributed by atoms with Crippen molar-refractivity contribution in [2.45, 2.75) is 13.8 Å². The van der Waals surface area contributed by atoms with Crippen molar-refractivity contribution in [1.29, 1.82) is 0 Å². The molecule has 0 bridgehead atoms. The fraction of sp³-hybridized carbons (Fsp3) is 0.250. The molecule has 3 rings (SSSR count). The van der Waals surface area contributed by atoms with Gasteiger partial charge in [-0.3, -0.25) is 4.79 Å². The van der Waals surface area contributed by atoms with Gasteiger partial charge in [-0.2, -0.15) is 0 Å². The highest BCUT2D eigenvalue weighted by Crippen LogP contribution is 2.24. The molecule has 0 aliphatic heterocycles. The molecule has 4 heteroatoms. The third-order valence-corrected chi connectivity index (χ3v) is 3.73. The number of methoxy groups -OCH3 is 1. The lowest BCUT2D eigenvalue weighted by Gasteiger charge is -2.09. The molecule has 0 N–H and O–H groups in total. The van der Waals surface area contributed by atoms with E-state index in [2.05, 4.69) is 13.8 Å². The van der Waals surface area contributed by atoms with E-state index in [9.17, 15) is 4.79 Å². The largest absolute Gasteiger partial charge is 0.497 e. The van der Waals surface area contributed by atoms with Crippen molar-refractivity contribution < 1.29 is 13.9 Å². The summed E-state index contributed by atoms with van der Waals surface area (Å²) in [6.45, 7) is 4.80. The Morgan fingerprint density at radius 3 is 2.42 bits per heavy atom. The molecule has 0 radical (unpaired) electrons. The van der Waals surface area contributed by atoms with Gasteiger partial charge in [0.25, 0.3) is 0 Å². The molecule has 3 aromatic rings. The zero-order chi connectivity index (χ0) is 17.1. The minimum absolute atomic E-state index is 0.0585. The van der Waals surface area contributed by atoms with E-state index in [4.69, 9.17) is 13.9 Å². The topological polar surface area (TPSA) is 48.7 Å².